The lowest BCUT2D eigenvalue weighted by Crippen LogP contribution is -2.29. The number of rotatable bonds is 4. The number of hydrogen-bond donors (Lipinski definition) is 0. The van der Waals surface area contributed by atoms with Gasteiger partial charge in [0, 0.05) is 24.7 Å². The topological polar surface area (TPSA) is 76.6 Å². The molecule has 1 fully saturated rings. The number of aromatic nitrogens is 1. The minimum atomic E-state index is -3.97. The number of benzene rings is 2. The number of nitrogens with zero attached hydrogens (tertiary/aromatic N) is 2. The van der Waals surface area contributed by atoms with E-state index in [-0.39, 0.29) is 21.3 Å². The van der Waals surface area contributed by atoms with Gasteiger partial charge in [0.25, 0.3) is 5.91 Å². The fraction of sp³-hybridized carbons (Fsp3) is 0.238. The second-order valence-electron chi connectivity index (χ2n) is 6.70. The Bertz CT molecular complexity index is 1150. The van der Waals surface area contributed by atoms with Crippen LogP contribution in [-0.2, 0) is 9.84 Å². The Kier molecular flexibility index (Phi) is 4.77. The molecule has 0 saturated carbocycles. The van der Waals surface area contributed by atoms with Crippen molar-refractivity contribution >= 4 is 26.6 Å². The van der Waals surface area contributed by atoms with Crippen LogP contribution in [-0.4, -0.2) is 44.4 Å². The number of carbonyl (C=O) groups is 1. The van der Waals surface area contributed by atoms with Crippen LogP contribution in [0.1, 0.15) is 23.2 Å². The summed E-state index contributed by atoms with van der Waals surface area (Å²) in [4.78, 5) is 19.2. The van der Waals surface area contributed by atoms with E-state index in [1.807, 2.05) is 0 Å². The molecule has 1 aromatic heterocycles. The zero-order valence-electron chi connectivity index (χ0n) is 15.5. The highest BCUT2D eigenvalue weighted by Gasteiger charge is 2.31. The van der Waals surface area contributed by atoms with E-state index in [1.54, 1.807) is 41.3 Å². The first-order valence-corrected chi connectivity index (χ1v) is 10.6. The van der Waals surface area contributed by atoms with Crippen molar-refractivity contribution in [1.29, 1.82) is 0 Å². The van der Waals surface area contributed by atoms with Crippen LogP contribution in [0.2, 0.25) is 0 Å². The number of pyridine rings is 1. The zero-order valence-corrected chi connectivity index (χ0v) is 16.3. The molecule has 0 unspecified atom stereocenters. The Labute approximate surface area is 163 Å². The molecular formula is C21H20N2O4S. The number of likely N-dealkylation sites (tertiary alicyclic amines) is 1. The Hall–Kier alpha value is -2.93. The van der Waals surface area contributed by atoms with Gasteiger partial charge in [-0.15, -0.1) is 0 Å². The summed E-state index contributed by atoms with van der Waals surface area (Å²) in [5.74, 6) is 0.143. The molecule has 1 aliphatic heterocycles. The van der Waals surface area contributed by atoms with Gasteiger partial charge in [0.05, 0.1) is 28.0 Å². The molecule has 2 aromatic carbocycles. The third kappa shape index (κ3) is 3.11. The lowest BCUT2D eigenvalue weighted by Gasteiger charge is -2.19. The molecular weight excluding hydrogens is 376 g/mol. The van der Waals surface area contributed by atoms with Gasteiger partial charge in [-0.2, -0.15) is 0 Å². The maximum absolute atomic E-state index is 13.6. The summed E-state index contributed by atoms with van der Waals surface area (Å²) in [5, 5.41) is 0.440. The molecule has 7 heteroatoms. The van der Waals surface area contributed by atoms with E-state index in [2.05, 4.69) is 4.98 Å². The summed E-state index contributed by atoms with van der Waals surface area (Å²) in [6, 6.07) is 13.3. The first kappa shape index (κ1) is 18.4. The summed E-state index contributed by atoms with van der Waals surface area (Å²) < 4.78 is 32.4. The zero-order chi connectivity index (χ0) is 19.7. The van der Waals surface area contributed by atoms with Crippen molar-refractivity contribution in [2.45, 2.75) is 22.6 Å². The highest BCUT2D eigenvalue weighted by molar-refractivity contribution is 7.91. The Morgan fingerprint density at radius 1 is 1.07 bits per heavy atom. The fourth-order valence-corrected chi connectivity index (χ4v) is 5.19. The Morgan fingerprint density at radius 3 is 2.57 bits per heavy atom. The van der Waals surface area contributed by atoms with Crippen LogP contribution >= 0.6 is 0 Å². The highest BCUT2D eigenvalue weighted by atomic mass is 32.2. The van der Waals surface area contributed by atoms with Gasteiger partial charge < -0.3 is 9.64 Å². The molecule has 0 aliphatic carbocycles. The molecule has 0 radical (unpaired) electrons. The van der Waals surface area contributed by atoms with Gasteiger partial charge in [0.2, 0.25) is 9.84 Å². The van der Waals surface area contributed by atoms with E-state index in [0.717, 1.165) is 12.8 Å². The van der Waals surface area contributed by atoms with E-state index in [1.165, 1.54) is 25.4 Å². The SMILES string of the molecule is COc1cccc(S(=O)(=O)c2c(C(=O)N3CCCC3)cnc3ccccc23)c1. The van der Waals surface area contributed by atoms with Gasteiger partial charge in [0.15, 0.2) is 0 Å². The molecule has 144 valence electrons. The van der Waals surface area contributed by atoms with Crippen LogP contribution in [0.3, 0.4) is 0 Å². The van der Waals surface area contributed by atoms with Crippen molar-refractivity contribution < 1.29 is 17.9 Å². The second kappa shape index (κ2) is 7.24. The first-order chi connectivity index (χ1) is 13.5. The molecule has 0 N–H and O–H groups in total. The molecule has 0 bridgehead atoms. The lowest BCUT2D eigenvalue weighted by atomic mass is 10.1. The van der Waals surface area contributed by atoms with E-state index in [4.69, 9.17) is 4.74 Å². The first-order valence-electron chi connectivity index (χ1n) is 9.08. The standard InChI is InChI=1S/C21H20N2O4S/c1-27-15-7-6-8-16(13-15)28(25,26)20-17-9-2-3-10-19(17)22-14-18(20)21(24)23-11-4-5-12-23/h2-3,6-10,13-14H,4-5,11-12H2,1H3. The van der Waals surface area contributed by atoms with Gasteiger partial charge in [0.1, 0.15) is 5.75 Å². The predicted molar refractivity (Wildman–Crippen MR) is 105 cm³/mol. The van der Waals surface area contributed by atoms with Crippen LogP contribution in [0.15, 0.2) is 64.5 Å². The molecule has 3 aromatic rings. The van der Waals surface area contributed by atoms with Crippen molar-refractivity contribution in [1.82, 2.24) is 9.88 Å². The van der Waals surface area contributed by atoms with Gasteiger partial charge in [-0.05, 0) is 37.1 Å². The lowest BCUT2D eigenvalue weighted by molar-refractivity contribution is 0.0789. The number of hydrogen-bond acceptors (Lipinski definition) is 5. The minimum Gasteiger partial charge on any atom is -0.497 e. The van der Waals surface area contributed by atoms with Crippen molar-refractivity contribution in [2.24, 2.45) is 0 Å². The third-order valence-corrected chi connectivity index (χ3v) is 6.82. The van der Waals surface area contributed by atoms with Crippen LogP contribution < -0.4 is 4.74 Å². The molecule has 0 atom stereocenters. The average molecular weight is 396 g/mol. The molecule has 4 rings (SSSR count). The molecule has 1 amide bonds. The quantitative estimate of drug-likeness (QED) is 0.676. The molecule has 1 aliphatic rings. The van der Waals surface area contributed by atoms with Crippen molar-refractivity contribution in [3.05, 3.63) is 60.3 Å². The Morgan fingerprint density at radius 2 is 1.82 bits per heavy atom. The van der Waals surface area contributed by atoms with Crippen LogP contribution in [0.25, 0.3) is 10.9 Å². The van der Waals surface area contributed by atoms with Gasteiger partial charge >= 0.3 is 0 Å². The summed E-state index contributed by atoms with van der Waals surface area (Å²) in [7, 11) is -2.49. The number of methoxy groups -OCH3 is 1. The summed E-state index contributed by atoms with van der Waals surface area (Å²) in [6.07, 6.45) is 3.23. The number of ether oxygens (including phenoxy) is 1. The third-order valence-electron chi connectivity index (χ3n) is 4.97. The number of sulfone groups is 1. The van der Waals surface area contributed by atoms with Crippen LogP contribution in [0.4, 0.5) is 0 Å². The maximum Gasteiger partial charge on any atom is 0.256 e. The van der Waals surface area contributed by atoms with Crippen molar-refractivity contribution in [3.8, 4) is 5.75 Å². The number of para-hydroxylation sites is 1. The van der Waals surface area contributed by atoms with Crippen molar-refractivity contribution in [3.63, 3.8) is 0 Å². The van der Waals surface area contributed by atoms with Gasteiger partial charge in [-0.25, -0.2) is 8.42 Å². The predicted octanol–water partition coefficient (Wildman–Crippen LogP) is 3.31. The minimum absolute atomic E-state index is 0.00301. The van der Waals surface area contributed by atoms with E-state index >= 15 is 0 Å². The summed E-state index contributed by atoms with van der Waals surface area (Å²) in [6.45, 7) is 1.26. The normalized spacial score (nSPS) is 14.4. The fourth-order valence-electron chi connectivity index (χ4n) is 3.53. The molecule has 28 heavy (non-hydrogen) atoms. The van der Waals surface area contributed by atoms with Crippen molar-refractivity contribution in [2.75, 3.05) is 20.2 Å². The van der Waals surface area contributed by atoms with E-state index in [0.29, 0.717) is 29.7 Å². The smallest absolute Gasteiger partial charge is 0.256 e. The number of amides is 1. The second-order valence-corrected chi connectivity index (χ2v) is 8.59. The summed E-state index contributed by atoms with van der Waals surface area (Å²) in [5.41, 5.74) is 0.644. The maximum atomic E-state index is 13.6. The average Bonchev–Trinajstić information content (AvgIpc) is 3.27. The Balaban J connectivity index is 1.97. The molecule has 6 nitrogen and oxygen atoms in total. The largest absolute Gasteiger partial charge is 0.497 e. The van der Waals surface area contributed by atoms with Gasteiger partial charge in [-0.3, -0.25) is 9.78 Å². The van der Waals surface area contributed by atoms with E-state index < -0.39 is 9.84 Å². The molecule has 1 saturated heterocycles. The van der Waals surface area contributed by atoms with Gasteiger partial charge in [-0.1, -0.05) is 24.3 Å². The molecule has 0 spiro atoms. The highest BCUT2D eigenvalue weighted by Crippen LogP contribution is 2.33. The van der Waals surface area contributed by atoms with E-state index in [9.17, 15) is 13.2 Å². The number of fused-ring (bicyclic) bond motifs is 1. The number of carbonyl (C=O) groups excluding carboxylic acids is 1. The van der Waals surface area contributed by atoms with Crippen LogP contribution in [0, 0.1) is 0 Å². The van der Waals surface area contributed by atoms with Crippen LogP contribution in [0.5, 0.6) is 5.75 Å². The molecule has 2 heterocycles. The monoisotopic (exact) mass is 396 g/mol. The summed E-state index contributed by atoms with van der Waals surface area (Å²) >= 11 is 0.